The van der Waals surface area contributed by atoms with Crippen molar-refractivity contribution in [1.29, 1.82) is 0 Å². The smallest absolute Gasteiger partial charge is 0.120 e. The first-order valence-electron chi connectivity index (χ1n) is 6.92. The molecule has 0 bridgehead atoms. The van der Waals surface area contributed by atoms with Gasteiger partial charge in [-0.2, -0.15) is 5.10 Å². The van der Waals surface area contributed by atoms with Crippen LogP contribution in [0.4, 0.5) is 0 Å². The van der Waals surface area contributed by atoms with E-state index in [-0.39, 0.29) is 0 Å². The van der Waals surface area contributed by atoms with Gasteiger partial charge in [0.25, 0.3) is 0 Å². The van der Waals surface area contributed by atoms with Gasteiger partial charge in [0.2, 0.25) is 0 Å². The van der Waals surface area contributed by atoms with Crippen molar-refractivity contribution in [3.63, 3.8) is 0 Å². The summed E-state index contributed by atoms with van der Waals surface area (Å²) in [5.41, 5.74) is 3.41. The maximum absolute atomic E-state index is 10.4. The number of aromatic nitrogens is 2. The summed E-state index contributed by atoms with van der Waals surface area (Å²) >= 11 is 0. The molecule has 0 amide bonds. The third-order valence-electron chi connectivity index (χ3n) is 3.10. The Morgan fingerprint density at radius 1 is 1.21 bits per heavy atom. The van der Waals surface area contributed by atoms with Crippen LogP contribution < -0.4 is 0 Å². The molecule has 3 nitrogen and oxygen atoms in total. The van der Waals surface area contributed by atoms with Crippen LogP contribution in [0.2, 0.25) is 0 Å². The second-order valence-electron chi connectivity index (χ2n) is 4.68. The average Bonchev–Trinajstić information content (AvgIpc) is 2.84. The quantitative estimate of drug-likeness (QED) is 0.562. The summed E-state index contributed by atoms with van der Waals surface area (Å²) in [6.07, 6.45) is 5.47. The molecular weight excluding hydrogens is 236 g/mol. The van der Waals surface area contributed by atoms with Gasteiger partial charge in [-0.25, -0.2) is 4.68 Å². The fourth-order valence-electron chi connectivity index (χ4n) is 2.19. The number of aldehydes is 1. The molecule has 0 fully saturated rings. The van der Waals surface area contributed by atoms with Crippen molar-refractivity contribution in [3.8, 4) is 5.69 Å². The molecule has 2 aromatic rings. The lowest BCUT2D eigenvalue weighted by molar-refractivity contribution is -0.107. The molecule has 0 radical (unpaired) electrons. The van der Waals surface area contributed by atoms with E-state index in [1.54, 1.807) is 0 Å². The molecule has 0 spiro atoms. The number of aryl methyl sites for hydroxylation is 2. The number of benzene rings is 1. The monoisotopic (exact) mass is 256 g/mol. The normalized spacial score (nSPS) is 10.6. The maximum Gasteiger partial charge on any atom is 0.120 e. The standard InChI is InChI=1S/C16H20N2O/c1-2-8-14-13-16(11-6-7-12-19)18(17-14)15-9-4-3-5-10-15/h3-5,9-10,12-13H,2,6-8,11H2,1H3. The number of hydrogen-bond acceptors (Lipinski definition) is 2. The molecule has 3 heteroatoms. The molecule has 0 aliphatic heterocycles. The Bertz CT molecular complexity index is 517. The first-order chi connectivity index (χ1) is 9.35. The van der Waals surface area contributed by atoms with Crippen LogP contribution >= 0.6 is 0 Å². The predicted molar refractivity (Wildman–Crippen MR) is 76.6 cm³/mol. The molecular formula is C16H20N2O. The van der Waals surface area contributed by atoms with Gasteiger partial charge in [-0.15, -0.1) is 0 Å². The van der Waals surface area contributed by atoms with Crippen LogP contribution in [-0.4, -0.2) is 16.1 Å². The van der Waals surface area contributed by atoms with E-state index >= 15 is 0 Å². The van der Waals surface area contributed by atoms with Gasteiger partial charge in [-0.05, 0) is 37.5 Å². The van der Waals surface area contributed by atoms with E-state index in [9.17, 15) is 4.79 Å². The SMILES string of the molecule is CCCc1cc(CCCC=O)n(-c2ccccc2)n1. The summed E-state index contributed by atoms with van der Waals surface area (Å²) in [4.78, 5) is 10.4. The van der Waals surface area contributed by atoms with E-state index < -0.39 is 0 Å². The summed E-state index contributed by atoms with van der Waals surface area (Å²) < 4.78 is 2.01. The van der Waals surface area contributed by atoms with Gasteiger partial charge in [0, 0.05) is 12.1 Å². The van der Waals surface area contributed by atoms with Gasteiger partial charge in [0.05, 0.1) is 11.4 Å². The van der Waals surface area contributed by atoms with Crippen molar-refractivity contribution in [3.05, 3.63) is 47.8 Å². The van der Waals surface area contributed by atoms with Gasteiger partial charge in [-0.3, -0.25) is 0 Å². The lowest BCUT2D eigenvalue weighted by Gasteiger charge is -2.06. The Labute approximate surface area is 114 Å². The molecule has 1 aromatic heterocycles. The second-order valence-corrected chi connectivity index (χ2v) is 4.68. The van der Waals surface area contributed by atoms with E-state index in [1.165, 1.54) is 5.69 Å². The molecule has 1 aromatic carbocycles. The van der Waals surface area contributed by atoms with Crippen molar-refractivity contribution in [2.24, 2.45) is 0 Å². The molecule has 0 aliphatic carbocycles. The topological polar surface area (TPSA) is 34.9 Å². The summed E-state index contributed by atoms with van der Waals surface area (Å²) in [7, 11) is 0. The molecule has 0 N–H and O–H groups in total. The van der Waals surface area contributed by atoms with Crippen LogP contribution in [0.5, 0.6) is 0 Å². The molecule has 0 unspecified atom stereocenters. The zero-order valence-corrected chi connectivity index (χ0v) is 11.4. The summed E-state index contributed by atoms with van der Waals surface area (Å²) in [5, 5.41) is 4.68. The molecule has 0 atom stereocenters. The fraction of sp³-hybridized carbons (Fsp3) is 0.375. The van der Waals surface area contributed by atoms with E-state index in [1.807, 2.05) is 22.9 Å². The van der Waals surface area contributed by atoms with Crippen molar-refractivity contribution < 1.29 is 4.79 Å². The Morgan fingerprint density at radius 3 is 2.68 bits per heavy atom. The minimum atomic E-state index is 0.614. The lowest BCUT2D eigenvalue weighted by Crippen LogP contribution is -2.02. The largest absolute Gasteiger partial charge is 0.303 e. The Balaban J connectivity index is 2.26. The minimum Gasteiger partial charge on any atom is -0.303 e. The van der Waals surface area contributed by atoms with Gasteiger partial charge in [-0.1, -0.05) is 31.5 Å². The first-order valence-corrected chi connectivity index (χ1v) is 6.92. The molecule has 1 heterocycles. The van der Waals surface area contributed by atoms with Crippen LogP contribution in [0.1, 0.15) is 37.6 Å². The molecule has 2 rings (SSSR count). The highest BCUT2D eigenvalue weighted by molar-refractivity contribution is 5.49. The highest BCUT2D eigenvalue weighted by Gasteiger charge is 2.08. The molecule has 19 heavy (non-hydrogen) atoms. The van der Waals surface area contributed by atoms with Crippen LogP contribution in [-0.2, 0) is 17.6 Å². The minimum absolute atomic E-state index is 0.614. The molecule has 0 saturated carbocycles. The number of nitrogens with zero attached hydrogens (tertiary/aromatic N) is 2. The predicted octanol–water partition coefficient (Wildman–Crippen LogP) is 3.35. The fourth-order valence-corrected chi connectivity index (χ4v) is 2.19. The van der Waals surface area contributed by atoms with Crippen molar-refractivity contribution >= 4 is 6.29 Å². The van der Waals surface area contributed by atoms with Crippen molar-refractivity contribution in [2.45, 2.75) is 39.0 Å². The van der Waals surface area contributed by atoms with E-state index in [0.717, 1.165) is 43.4 Å². The molecule has 0 aliphatic rings. The number of carbonyl (C=O) groups is 1. The van der Waals surface area contributed by atoms with Crippen LogP contribution in [0.15, 0.2) is 36.4 Å². The zero-order valence-electron chi connectivity index (χ0n) is 11.4. The van der Waals surface area contributed by atoms with Crippen LogP contribution in [0, 0.1) is 0 Å². The molecule has 100 valence electrons. The Kier molecular flexibility index (Phi) is 4.90. The van der Waals surface area contributed by atoms with E-state index in [0.29, 0.717) is 6.42 Å². The average molecular weight is 256 g/mol. The Hall–Kier alpha value is -1.90. The van der Waals surface area contributed by atoms with Crippen molar-refractivity contribution in [2.75, 3.05) is 0 Å². The summed E-state index contributed by atoms with van der Waals surface area (Å²) in [5.74, 6) is 0. The van der Waals surface area contributed by atoms with Crippen molar-refractivity contribution in [1.82, 2.24) is 9.78 Å². The zero-order chi connectivity index (χ0) is 13.5. The lowest BCUT2D eigenvalue weighted by atomic mass is 10.1. The van der Waals surface area contributed by atoms with Gasteiger partial charge < -0.3 is 4.79 Å². The summed E-state index contributed by atoms with van der Waals surface area (Å²) in [6, 6.07) is 12.3. The van der Waals surface area contributed by atoms with Gasteiger partial charge >= 0.3 is 0 Å². The number of unbranched alkanes of at least 4 members (excludes halogenated alkanes) is 1. The van der Waals surface area contributed by atoms with Gasteiger partial charge in [0.1, 0.15) is 6.29 Å². The summed E-state index contributed by atoms with van der Waals surface area (Å²) in [6.45, 7) is 2.16. The third-order valence-corrected chi connectivity index (χ3v) is 3.10. The number of para-hydroxylation sites is 1. The number of carbonyl (C=O) groups excluding carboxylic acids is 1. The van der Waals surface area contributed by atoms with E-state index in [4.69, 9.17) is 0 Å². The number of hydrogen-bond donors (Lipinski definition) is 0. The first kappa shape index (κ1) is 13.5. The third kappa shape index (κ3) is 3.53. The molecule has 0 saturated heterocycles. The van der Waals surface area contributed by atoms with Crippen LogP contribution in [0.25, 0.3) is 5.69 Å². The maximum atomic E-state index is 10.4. The van der Waals surface area contributed by atoms with E-state index in [2.05, 4.69) is 30.2 Å². The van der Waals surface area contributed by atoms with Crippen LogP contribution in [0.3, 0.4) is 0 Å². The van der Waals surface area contributed by atoms with Gasteiger partial charge in [0.15, 0.2) is 0 Å². The second kappa shape index (κ2) is 6.88. The Morgan fingerprint density at radius 2 is 2.00 bits per heavy atom. The number of rotatable bonds is 7. The highest BCUT2D eigenvalue weighted by Crippen LogP contribution is 2.15. The highest BCUT2D eigenvalue weighted by atomic mass is 16.1.